The SMILES string of the molecule is COc1ccccc1NC(=O)Cn1nc(C)c2c(C(F)F)cc(-c3ccccc3)nc21. The molecule has 0 aliphatic rings. The van der Waals surface area contributed by atoms with E-state index in [1.165, 1.54) is 17.9 Å². The number of alkyl halides is 2. The average Bonchev–Trinajstić information content (AvgIpc) is 3.09. The van der Waals surface area contributed by atoms with Crippen molar-refractivity contribution in [3.63, 3.8) is 0 Å². The Balaban J connectivity index is 1.74. The number of ether oxygens (including phenoxy) is 1. The molecule has 2 heterocycles. The van der Waals surface area contributed by atoms with E-state index < -0.39 is 6.43 Å². The number of pyridine rings is 1. The average molecular weight is 422 g/mol. The number of halogens is 2. The number of benzene rings is 2. The van der Waals surface area contributed by atoms with Crippen molar-refractivity contribution < 1.29 is 18.3 Å². The first-order chi connectivity index (χ1) is 15.0. The first kappa shape index (κ1) is 20.5. The summed E-state index contributed by atoms with van der Waals surface area (Å²) in [5.74, 6) is 0.140. The minimum absolute atomic E-state index is 0.155. The van der Waals surface area contributed by atoms with Gasteiger partial charge in [0.25, 0.3) is 6.43 Å². The van der Waals surface area contributed by atoms with Crippen molar-refractivity contribution in [2.24, 2.45) is 0 Å². The lowest BCUT2D eigenvalue weighted by molar-refractivity contribution is -0.116. The van der Waals surface area contributed by atoms with Gasteiger partial charge in [0.05, 0.1) is 29.6 Å². The van der Waals surface area contributed by atoms with Gasteiger partial charge in [0.15, 0.2) is 5.65 Å². The Morgan fingerprint density at radius 1 is 1.13 bits per heavy atom. The third-order valence-electron chi connectivity index (χ3n) is 4.89. The molecule has 6 nitrogen and oxygen atoms in total. The summed E-state index contributed by atoms with van der Waals surface area (Å²) in [7, 11) is 1.51. The Labute approximate surface area is 177 Å². The first-order valence-electron chi connectivity index (χ1n) is 9.62. The van der Waals surface area contributed by atoms with Gasteiger partial charge in [-0.05, 0) is 25.1 Å². The van der Waals surface area contributed by atoms with Gasteiger partial charge >= 0.3 is 0 Å². The Morgan fingerprint density at radius 2 is 1.84 bits per heavy atom. The Morgan fingerprint density at radius 3 is 2.55 bits per heavy atom. The maximum Gasteiger partial charge on any atom is 0.264 e. The number of carbonyl (C=O) groups is 1. The molecule has 4 rings (SSSR count). The van der Waals surface area contributed by atoms with Gasteiger partial charge < -0.3 is 10.1 Å². The van der Waals surface area contributed by atoms with E-state index in [2.05, 4.69) is 15.4 Å². The van der Waals surface area contributed by atoms with Gasteiger partial charge in [-0.2, -0.15) is 5.10 Å². The van der Waals surface area contributed by atoms with E-state index in [1.807, 2.05) is 18.2 Å². The topological polar surface area (TPSA) is 69.0 Å². The molecule has 0 saturated heterocycles. The van der Waals surface area contributed by atoms with Crippen LogP contribution >= 0.6 is 0 Å². The highest BCUT2D eigenvalue weighted by atomic mass is 19.3. The summed E-state index contributed by atoms with van der Waals surface area (Å²) >= 11 is 0. The molecule has 0 unspecified atom stereocenters. The number of aromatic nitrogens is 3. The predicted molar refractivity (Wildman–Crippen MR) is 114 cm³/mol. The zero-order valence-electron chi connectivity index (χ0n) is 17.0. The molecular weight excluding hydrogens is 402 g/mol. The van der Waals surface area contributed by atoms with Gasteiger partial charge in [-0.15, -0.1) is 0 Å². The van der Waals surface area contributed by atoms with Crippen LogP contribution in [-0.4, -0.2) is 27.8 Å². The fraction of sp³-hybridized carbons (Fsp3) is 0.174. The van der Waals surface area contributed by atoms with Crippen LogP contribution in [0, 0.1) is 6.92 Å². The van der Waals surface area contributed by atoms with Crippen LogP contribution in [0.5, 0.6) is 5.75 Å². The van der Waals surface area contributed by atoms with Crippen molar-refractivity contribution >= 4 is 22.6 Å². The minimum Gasteiger partial charge on any atom is -0.495 e. The van der Waals surface area contributed by atoms with E-state index >= 15 is 0 Å². The molecule has 0 aliphatic heterocycles. The largest absolute Gasteiger partial charge is 0.495 e. The monoisotopic (exact) mass is 422 g/mol. The lowest BCUT2D eigenvalue weighted by atomic mass is 10.1. The van der Waals surface area contributed by atoms with Crippen LogP contribution in [0.4, 0.5) is 14.5 Å². The molecule has 0 spiro atoms. The predicted octanol–water partition coefficient (Wildman–Crippen LogP) is 4.99. The number of carbonyl (C=O) groups excluding carboxylic acids is 1. The number of rotatable bonds is 6. The summed E-state index contributed by atoms with van der Waals surface area (Å²) in [5.41, 5.74) is 2.09. The molecule has 8 heteroatoms. The number of nitrogens with zero attached hydrogens (tertiary/aromatic N) is 3. The van der Waals surface area contributed by atoms with Crippen LogP contribution in [0.3, 0.4) is 0 Å². The molecule has 0 aliphatic carbocycles. The first-order valence-corrected chi connectivity index (χ1v) is 9.62. The second-order valence-electron chi connectivity index (χ2n) is 6.95. The minimum atomic E-state index is -2.70. The number of methoxy groups -OCH3 is 1. The maximum absolute atomic E-state index is 13.9. The number of aryl methyl sites for hydroxylation is 1. The van der Waals surface area contributed by atoms with Gasteiger partial charge in [0, 0.05) is 11.1 Å². The van der Waals surface area contributed by atoms with Crippen LogP contribution < -0.4 is 10.1 Å². The normalized spacial score (nSPS) is 11.1. The molecule has 1 amide bonds. The standard InChI is InChI=1S/C23H20F2N4O2/c1-14-21-16(22(24)25)12-18(15-8-4-3-5-9-15)27-23(21)29(28-14)13-20(30)26-17-10-6-7-11-19(17)31-2/h3-12,22H,13H2,1-2H3,(H,26,30). The highest BCUT2D eigenvalue weighted by molar-refractivity contribution is 5.93. The van der Waals surface area contributed by atoms with Crippen molar-refractivity contribution in [3.05, 3.63) is 71.9 Å². The molecule has 0 atom stereocenters. The molecule has 1 N–H and O–H groups in total. The highest BCUT2D eigenvalue weighted by Crippen LogP contribution is 2.33. The Kier molecular flexibility index (Phi) is 5.62. The molecule has 31 heavy (non-hydrogen) atoms. The summed E-state index contributed by atoms with van der Waals surface area (Å²) in [5, 5.41) is 7.35. The number of fused-ring (bicyclic) bond motifs is 1. The maximum atomic E-state index is 13.9. The summed E-state index contributed by atoms with van der Waals surface area (Å²) in [4.78, 5) is 17.2. The molecule has 158 valence electrons. The molecule has 4 aromatic rings. The van der Waals surface area contributed by atoms with E-state index in [9.17, 15) is 13.6 Å². The van der Waals surface area contributed by atoms with Crippen LogP contribution in [0.15, 0.2) is 60.7 Å². The molecule has 0 radical (unpaired) electrons. The fourth-order valence-corrected chi connectivity index (χ4v) is 3.50. The quantitative estimate of drug-likeness (QED) is 0.475. The Bertz CT molecular complexity index is 1240. The van der Waals surface area contributed by atoms with Crippen molar-refractivity contribution in [2.45, 2.75) is 19.9 Å². The second-order valence-corrected chi connectivity index (χ2v) is 6.95. The Hall–Kier alpha value is -3.81. The summed E-state index contributed by atoms with van der Waals surface area (Å²) in [6.45, 7) is 1.45. The fourth-order valence-electron chi connectivity index (χ4n) is 3.50. The van der Waals surface area contributed by atoms with E-state index in [0.29, 0.717) is 28.4 Å². The summed E-state index contributed by atoms with van der Waals surface area (Å²) in [6.07, 6.45) is -2.70. The zero-order chi connectivity index (χ0) is 22.0. The number of amides is 1. The lowest BCUT2D eigenvalue weighted by Gasteiger charge is -2.11. The highest BCUT2D eigenvalue weighted by Gasteiger charge is 2.22. The number of hydrogen-bond donors (Lipinski definition) is 1. The second kappa shape index (κ2) is 8.51. The number of nitrogens with one attached hydrogen (secondary N) is 1. The van der Waals surface area contributed by atoms with Crippen LogP contribution in [0.25, 0.3) is 22.3 Å². The van der Waals surface area contributed by atoms with Crippen LogP contribution in [-0.2, 0) is 11.3 Å². The lowest BCUT2D eigenvalue weighted by Crippen LogP contribution is -2.20. The van der Waals surface area contributed by atoms with Crippen molar-refractivity contribution in [2.75, 3.05) is 12.4 Å². The van der Waals surface area contributed by atoms with Crippen LogP contribution in [0.1, 0.15) is 17.7 Å². The van der Waals surface area contributed by atoms with Gasteiger partial charge in [-0.3, -0.25) is 4.79 Å². The molecule has 2 aromatic carbocycles. The zero-order valence-corrected chi connectivity index (χ0v) is 17.0. The van der Waals surface area contributed by atoms with Crippen molar-refractivity contribution in [1.82, 2.24) is 14.8 Å². The van der Waals surface area contributed by atoms with Gasteiger partial charge in [-0.25, -0.2) is 18.4 Å². The third kappa shape index (κ3) is 4.09. The van der Waals surface area contributed by atoms with Crippen molar-refractivity contribution in [1.29, 1.82) is 0 Å². The smallest absolute Gasteiger partial charge is 0.264 e. The molecular formula is C23H20F2N4O2. The summed E-state index contributed by atoms with van der Waals surface area (Å²) in [6, 6.07) is 17.4. The van der Waals surface area contributed by atoms with Gasteiger partial charge in [-0.1, -0.05) is 42.5 Å². The molecule has 0 bridgehead atoms. The number of hydrogen-bond acceptors (Lipinski definition) is 4. The molecule has 0 saturated carbocycles. The third-order valence-corrected chi connectivity index (χ3v) is 4.89. The van der Waals surface area contributed by atoms with E-state index in [1.54, 1.807) is 43.3 Å². The molecule has 2 aromatic heterocycles. The van der Waals surface area contributed by atoms with Crippen molar-refractivity contribution in [3.8, 4) is 17.0 Å². The summed E-state index contributed by atoms with van der Waals surface area (Å²) < 4.78 is 34.3. The van der Waals surface area contributed by atoms with E-state index in [0.717, 1.165) is 0 Å². The number of anilines is 1. The molecule has 0 fully saturated rings. The van der Waals surface area contributed by atoms with E-state index in [-0.39, 0.29) is 29.0 Å². The number of para-hydroxylation sites is 2. The van der Waals surface area contributed by atoms with Gasteiger partial charge in [0.2, 0.25) is 5.91 Å². The van der Waals surface area contributed by atoms with Crippen LogP contribution in [0.2, 0.25) is 0 Å². The van der Waals surface area contributed by atoms with E-state index in [4.69, 9.17) is 4.74 Å². The van der Waals surface area contributed by atoms with Gasteiger partial charge in [0.1, 0.15) is 12.3 Å².